The van der Waals surface area contributed by atoms with Crippen LogP contribution < -0.4 is 5.56 Å². The molecule has 9 heteroatoms. The van der Waals surface area contributed by atoms with Gasteiger partial charge < -0.3 is 14.6 Å². The van der Waals surface area contributed by atoms with E-state index in [1.54, 1.807) is 0 Å². The number of nitrogens with zero attached hydrogens (tertiary/aromatic N) is 2. The average molecular weight is 389 g/mol. The van der Waals surface area contributed by atoms with E-state index in [1.807, 2.05) is 0 Å². The number of pyridine rings is 2. The highest BCUT2D eigenvalue weighted by Gasteiger charge is 2.31. The number of fused-ring (bicyclic) bond motifs is 3. The third kappa shape index (κ3) is 2.93. The number of carbonyl (C=O) groups excluding carboxylic acids is 1. The van der Waals surface area contributed by atoms with E-state index >= 15 is 0 Å². The molecule has 0 saturated carbocycles. The molecular formula is C19H14F3N3O3. The van der Waals surface area contributed by atoms with Crippen molar-refractivity contribution in [3.8, 4) is 0 Å². The van der Waals surface area contributed by atoms with Gasteiger partial charge in [0.2, 0.25) is 0 Å². The second-order valence-electron chi connectivity index (χ2n) is 6.50. The van der Waals surface area contributed by atoms with Crippen LogP contribution in [-0.4, -0.2) is 34.4 Å². The Balaban J connectivity index is 1.86. The summed E-state index contributed by atoms with van der Waals surface area (Å²) in [7, 11) is 1.48. The number of halogens is 3. The number of aromatic amines is 1. The van der Waals surface area contributed by atoms with Gasteiger partial charge in [0.15, 0.2) is 11.6 Å². The van der Waals surface area contributed by atoms with E-state index in [0.29, 0.717) is 11.3 Å². The first-order valence-electron chi connectivity index (χ1n) is 8.36. The van der Waals surface area contributed by atoms with Crippen molar-refractivity contribution in [1.29, 1.82) is 0 Å². The van der Waals surface area contributed by atoms with Crippen molar-refractivity contribution < 1.29 is 22.7 Å². The highest BCUT2D eigenvalue weighted by Crippen LogP contribution is 2.34. The summed E-state index contributed by atoms with van der Waals surface area (Å²) in [5, 5.41) is 0.167. The molecule has 1 N–H and O–H groups in total. The fourth-order valence-electron chi connectivity index (χ4n) is 3.42. The maximum atomic E-state index is 13.9. The number of hydrogen-bond acceptors (Lipinski definition) is 4. The Kier molecular flexibility index (Phi) is 4.38. The van der Waals surface area contributed by atoms with Crippen LogP contribution in [0.1, 0.15) is 27.7 Å². The second kappa shape index (κ2) is 6.75. The summed E-state index contributed by atoms with van der Waals surface area (Å²) in [6.07, 6.45) is 2.21. The first-order chi connectivity index (χ1) is 13.4. The van der Waals surface area contributed by atoms with Crippen molar-refractivity contribution >= 4 is 16.7 Å². The van der Waals surface area contributed by atoms with Gasteiger partial charge >= 0.3 is 0 Å². The van der Waals surface area contributed by atoms with Gasteiger partial charge in [-0.1, -0.05) is 0 Å². The lowest BCUT2D eigenvalue weighted by Crippen LogP contribution is -2.37. The van der Waals surface area contributed by atoms with Gasteiger partial charge in [0.25, 0.3) is 11.5 Å². The normalized spacial score (nSPS) is 16.1. The average Bonchev–Trinajstić information content (AvgIpc) is 2.68. The molecule has 1 aliphatic rings. The van der Waals surface area contributed by atoms with Crippen LogP contribution in [-0.2, 0) is 11.3 Å². The monoisotopic (exact) mass is 389 g/mol. The van der Waals surface area contributed by atoms with Crippen molar-refractivity contribution in [3.05, 3.63) is 75.2 Å². The molecule has 1 aliphatic heterocycles. The molecule has 144 valence electrons. The van der Waals surface area contributed by atoms with Crippen LogP contribution in [0.4, 0.5) is 13.2 Å². The fraction of sp³-hybridized carbons (Fsp3) is 0.211. The summed E-state index contributed by atoms with van der Waals surface area (Å²) in [5.41, 5.74) is 0.275. The van der Waals surface area contributed by atoms with E-state index in [4.69, 9.17) is 4.74 Å². The van der Waals surface area contributed by atoms with Crippen molar-refractivity contribution in [1.82, 2.24) is 14.9 Å². The fourth-order valence-corrected chi connectivity index (χ4v) is 3.42. The van der Waals surface area contributed by atoms with Crippen LogP contribution >= 0.6 is 0 Å². The summed E-state index contributed by atoms with van der Waals surface area (Å²) in [4.78, 5) is 32.6. The molecule has 0 bridgehead atoms. The van der Waals surface area contributed by atoms with Gasteiger partial charge in [-0.25, -0.2) is 13.2 Å². The van der Waals surface area contributed by atoms with Crippen LogP contribution in [0.15, 0.2) is 35.4 Å². The molecule has 0 saturated heterocycles. The van der Waals surface area contributed by atoms with Gasteiger partial charge in [0.05, 0.1) is 36.4 Å². The predicted octanol–water partition coefficient (Wildman–Crippen LogP) is 2.68. The molecule has 1 amide bonds. The van der Waals surface area contributed by atoms with Crippen molar-refractivity contribution in [2.24, 2.45) is 0 Å². The Labute approximate surface area is 156 Å². The molecule has 1 aromatic carbocycles. The van der Waals surface area contributed by atoms with E-state index < -0.39 is 35.0 Å². The number of ether oxygens (including phenoxy) is 1. The first-order valence-corrected chi connectivity index (χ1v) is 8.36. The Hall–Kier alpha value is -3.20. The maximum Gasteiger partial charge on any atom is 0.256 e. The van der Waals surface area contributed by atoms with Gasteiger partial charge in [-0.15, -0.1) is 0 Å². The standard InChI is InChI=1S/C19H14F3N3O3/c1-25(19(27)9-2-10(20)6-23-5-9)16-8-28-7-15-17(16)11-3-13(21)14(22)4-12(11)18(26)24-15/h2-6,16H,7-8H2,1H3,(H,24,26). The van der Waals surface area contributed by atoms with Crippen LogP contribution in [0.25, 0.3) is 10.8 Å². The Morgan fingerprint density at radius 3 is 2.61 bits per heavy atom. The van der Waals surface area contributed by atoms with Crippen molar-refractivity contribution in [2.75, 3.05) is 13.7 Å². The quantitative estimate of drug-likeness (QED) is 0.731. The van der Waals surface area contributed by atoms with Gasteiger partial charge in [-0.05, 0) is 23.6 Å². The van der Waals surface area contributed by atoms with Gasteiger partial charge in [-0.3, -0.25) is 14.6 Å². The van der Waals surface area contributed by atoms with Gasteiger partial charge in [0, 0.05) is 24.5 Å². The van der Waals surface area contributed by atoms with Crippen molar-refractivity contribution in [2.45, 2.75) is 12.6 Å². The summed E-state index contributed by atoms with van der Waals surface area (Å²) in [6, 6.07) is 2.12. The number of aromatic nitrogens is 2. The minimum Gasteiger partial charge on any atom is -0.373 e. The Bertz CT molecular complexity index is 1160. The summed E-state index contributed by atoms with van der Waals surface area (Å²) >= 11 is 0. The van der Waals surface area contributed by atoms with Crippen LogP contribution in [0, 0.1) is 17.5 Å². The zero-order valence-corrected chi connectivity index (χ0v) is 14.6. The van der Waals surface area contributed by atoms with Crippen LogP contribution in [0.5, 0.6) is 0 Å². The molecule has 4 rings (SSSR count). The van der Waals surface area contributed by atoms with Crippen LogP contribution in [0.3, 0.4) is 0 Å². The number of benzene rings is 1. The number of H-pyrrole nitrogens is 1. The number of amides is 1. The third-order valence-corrected chi connectivity index (χ3v) is 4.78. The highest BCUT2D eigenvalue weighted by molar-refractivity contribution is 5.95. The molecule has 28 heavy (non-hydrogen) atoms. The largest absolute Gasteiger partial charge is 0.373 e. The summed E-state index contributed by atoms with van der Waals surface area (Å²) in [5.74, 6) is -3.44. The lowest BCUT2D eigenvalue weighted by atomic mass is 9.95. The second-order valence-corrected chi connectivity index (χ2v) is 6.50. The Morgan fingerprint density at radius 1 is 1.18 bits per heavy atom. The number of carbonyl (C=O) groups is 1. The smallest absolute Gasteiger partial charge is 0.256 e. The number of hydrogen-bond donors (Lipinski definition) is 1. The maximum absolute atomic E-state index is 13.9. The highest BCUT2D eigenvalue weighted by atomic mass is 19.2. The number of nitrogens with one attached hydrogen (secondary N) is 1. The third-order valence-electron chi connectivity index (χ3n) is 4.78. The van der Waals surface area contributed by atoms with E-state index in [0.717, 1.165) is 24.4 Å². The number of rotatable bonds is 2. The molecule has 0 radical (unpaired) electrons. The minimum absolute atomic E-state index is 0.0283. The molecule has 0 fully saturated rings. The Morgan fingerprint density at radius 2 is 1.89 bits per heavy atom. The SMILES string of the molecule is CN(C(=O)c1cncc(F)c1)C1COCc2[nH]c(=O)c3cc(F)c(F)cc3c21. The molecule has 0 spiro atoms. The van der Waals surface area contributed by atoms with E-state index in [-0.39, 0.29) is 29.5 Å². The lowest BCUT2D eigenvalue weighted by molar-refractivity contribution is 0.0335. The molecule has 3 heterocycles. The number of likely N-dealkylation sites (N-methyl/N-ethyl adjacent to an activating group) is 1. The molecule has 6 nitrogen and oxygen atoms in total. The minimum atomic E-state index is -1.14. The molecular weight excluding hydrogens is 375 g/mol. The molecule has 1 unspecified atom stereocenters. The van der Waals surface area contributed by atoms with Crippen molar-refractivity contribution in [3.63, 3.8) is 0 Å². The van der Waals surface area contributed by atoms with Gasteiger partial charge in [-0.2, -0.15) is 0 Å². The topological polar surface area (TPSA) is 75.3 Å². The molecule has 3 aromatic rings. The predicted molar refractivity (Wildman–Crippen MR) is 93.2 cm³/mol. The molecule has 2 aromatic heterocycles. The first kappa shape index (κ1) is 18.2. The zero-order valence-electron chi connectivity index (χ0n) is 14.6. The summed E-state index contributed by atoms with van der Waals surface area (Å²) < 4.78 is 46.5. The van der Waals surface area contributed by atoms with E-state index in [1.165, 1.54) is 18.1 Å². The zero-order chi connectivity index (χ0) is 20.0. The molecule has 1 atom stereocenters. The summed E-state index contributed by atoms with van der Waals surface area (Å²) in [6.45, 7) is 0.123. The van der Waals surface area contributed by atoms with Crippen LogP contribution in [0.2, 0.25) is 0 Å². The lowest BCUT2D eigenvalue weighted by Gasteiger charge is -2.33. The van der Waals surface area contributed by atoms with Gasteiger partial charge in [0.1, 0.15) is 5.82 Å². The van der Waals surface area contributed by atoms with E-state index in [2.05, 4.69) is 9.97 Å². The molecule has 0 aliphatic carbocycles. The van der Waals surface area contributed by atoms with E-state index in [9.17, 15) is 22.8 Å².